The first kappa shape index (κ1) is 10.4. The van der Waals surface area contributed by atoms with E-state index in [-0.39, 0.29) is 0 Å². The normalized spacial score (nSPS) is 10.1. The Bertz CT molecular complexity index is 465. The van der Waals surface area contributed by atoms with Gasteiger partial charge in [-0.3, -0.25) is 0 Å². The lowest BCUT2D eigenvalue weighted by atomic mass is 10.2. The fraction of sp³-hybridized carbons (Fsp3) is 0.167. The highest BCUT2D eigenvalue weighted by Crippen LogP contribution is 2.09. The van der Waals surface area contributed by atoms with E-state index in [9.17, 15) is 0 Å². The highest BCUT2D eigenvalue weighted by Gasteiger charge is 1.97. The van der Waals surface area contributed by atoms with Crippen LogP contribution in [-0.4, -0.2) is 9.97 Å². The van der Waals surface area contributed by atoms with Gasteiger partial charge in [-0.2, -0.15) is 0 Å². The molecule has 1 aromatic heterocycles. The number of nitrogen functional groups attached to an aromatic ring is 1. The number of nitrogens with zero attached hydrogens (tertiary/aromatic N) is 2. The third-order valence-electron chi connectivity index (χ3n) is 2.23. The molecule has 2 rings (SSSR count). The van der Waals surface area contributed by atoms with Crippen molar-refractivity contribution < 1.29 is 0 Å². The number of rotatable bonds is 3. The van der Waals surface area contributed by atoms with E-state index >= 15 is 0 Å². The molecule has 0 unspecified atom stereocenters. The van der Waals surface area contributed by atoms with Crippen molar-refractivity contribution in [3.63, 3.8) is 0 Å². The van der Waals surface area contributed by atoms with Crippen LogP contribution in [0, 0.1) is 6.92 Å². The molecular formula is C12H14N4. The summed E-state index contributed by atoms with van der Waals surface area (Å²) in [5.41, 5.74) is 7.86. The lowest BCUT2D eigenvalue weighted by molar-refractivity contribution is 0.954. The number of aryl methyl sites for hydroxylation is 1. The van der Waals surface area contributed by atoms with Gasteiger partial charge in [0.2, 0.25) is 0 Å². The highest BCUT2D eigenvalue weighted by molar-refractivity contribution is 5.44. The Balaban J connectivity index is 1.99. The predicted molar refractivity (Wildman–Crippen MR) is 65.0 cm³/mol. The standard InChI is InChI=1S/C12H14N4/c1-9-2-4-10(5-3-9)15-8-12-14-7-6-11(13)16-12/h2-7,15H,8H2,1H3,(H2,13,14,16). The fourth-order valence-electron chi connectivity index (χ4n) is 1.35. The molecule has 1 aromatic carbocycles. The number of aromatic nitrogens is 2. The summed E-state index contributed by atoms with van der Waals surface area (Å²) >= 11 is 0. The van der Waals surface area contributed by atoms with Crippen molar-refractivity contribution >= 4 is 11.5 Å². The molecule has 0 radical (unpaired) electrons. The van der Waals surface area contributed by atoms with Crippen molar-refractivity contribution in [3.8, 4) is 0 Å². The van der Waals surface area contributed by atoms with E-state index in [0.29, 0.717) is 18.2 Å². The average Bonchev–Trinajstić information content (AvgIpc) is 2.28. The van der Waals surface area contributed by atoms with Crippen molar-refractivity contribution in [1.82, 2.24) is 9.97 Å². The van der Waals surface area contributed by atoms with E-state index < -0.39 is 0 Å². The van der Waals surface area contributed by atoms with Gasteiger partial charge in [0.05, 0.1) is 6.54 Å². The van der Waals surface area contributed by atoms with E-state index in [4.69, 9.17) is 5.73 Å². The molecule has 1 heterocycles. The van der Waals surface area contributed by atoms with Crippen LogP contribution in [0.15, 0.2) is 36.5 Å². The molecule has 4 nitrogen and oxygen atoms in total. The molecule has 0 aliphatic rings. The number of hydrogen-bond acceptors (Lipinski definition) is 4. The summed E-state index contributed by atoms with van der Waals surface area (Å²) in [6.07, 6.45) is 1.66. The molecule has 0 amide bonds. The molecule has 0 fully saturated rings. The molecule has 0 aliphatic heterocycles. The molecule has 3 N–H and O–H groups in total. The molecule has 0 saturated carbocycles. The molecule has 0 bridgehead atoms. The molecule has 82 valence electrons. The fourth-order valence-corrected chi connectivity index (χ4v) is 1.35. The maximum atomic E-state index is 5.57. The van der Waals surface area contributed by atoms with Crippen LogP contribution in [0.25, 0.3) is 0 Å². The zero-order valence-electron chi connectivity index (χ0n) is 9.14. The zero-order chi connectivity index (χ0) is 11.4. The first-order valence-corrected chi connectivity index (χ1v) is 5.12. The van der Waals surface area contributed by atoms with Gasteiger partial charge in [0, 0.05) is 11.9 Å². The molecule has 2 aromatic rings. The van der Waals surface area contributed by atoms with Crippen molar-refractivity contribution in [2.24, 2.45) is 0 Å². The minimum atomic E-state index is 0.496. The third kappa shape index (κ3) is 2.70. The van der Waals surface area contributed by atoms with Gasteiger partial charge in [0.1, 0.15) is 11.6 Å². The van der Waals surface area contributed by atoms with Gasteiger partial charge in [-0.25, -0.2) is 9.97 Å². The second kappa shape index (κ2) is 4.61. The minimum absolute atomic E-state index is 0.496. The van der Waals surface area contributed by atoms with Gasteiger partial charge >= 0.3 is 0 Å². The first-order chi connectivity index (χ1) is 7.74. The van der Waals surface area contributed by atoms with Crippen molar-refractivity contribution in [1.29, 1.82) is 0 Å². The molecule has 0 saturated heterocycles. The van der Waals surface area contributed by atoms with Gasteiger partial charge in [-0.05, 0) is 25.1 Å². The van der Waals surface area contributed by atoms with Crippen molar-refractivity contribution in [2.75, 3.05) is 11.1 Å². The SMILES string of the molecule is Cc1ccc(NCc2nccc(N)n2)cc1. The van der Waals surface area contributed by atoms with Gasteiger partial charge < -0.3 is 11.1 Å². The maximum absolute atomic E-state index is 5.57. The molecule has 0 aliphatic carbocycles. The number of hydrogen-bond donors (Lipinski definition) is 2. The number of benzene rings is 1. The Labute approximate surface area is 94.5 Å². The van der Waals surface area contributed by atoms with Crippen molar-refractivity contribution in [3.05, 3.63) is 47.9 Å². The molecule has 16 heavy (non-hydrogen) atoms. The monoisotopic (exact) mass is 214 g/mol. The van der Waals surface area contributed by atoms with Crippen LogP contribution >= 0.6 is 0 Å². The van der Waals surface area contributed by atoms with Gasteiger partial charge in [-0.1, -0.05) is 17.7 Å². The van der Waals surface area contributed by atoms with Crippen LogP contribution in [0.2, 0.25) is 0 Å². The van der Waals surface area contributed by atoms with Crippen LogP contribution < -0.4 is 11.1 Å². The maximum Gasteiger partial charge on any atom is 0.149 e. The highest BCUT2D eigenvalue weighted by atomic mass is 15.0. The Morgan fingerprint density at radius 2 is 1.94 bits per heavy atom. The summed E-state index contributed by atoms with van der Waals surface area (Å²) in [6, 6.07) is 9.85. The van der Waals surface area contributed by atoms with Gasteiger partial charge in [0.15, 0.2) is 0 Å². The van der Waals surface area contributed by atoms with E-state index in [1.807, 2.05) is 12.1 Å². The smallest absolute Gasteiger partial charge is 0.149 e. The number of anilines is 2. The van der Waals surface area contributed by atoms with Gasteiger partial charge in [0.25, 0.3) is 0 Å². The van der Waals surface area contributed by atoms with Crippen LogP contribution in [0.4, 0.5) is 11.5 Å². The first-order valence-electron chi connectivity index (χ1n) is 5.12. The molecular weight excluding hydrogens is 200 g/mol. The zero-order valence-corrected chi connectivity index (χ0v) is 9.14. The quantitative estimate of drug-likeness (QED) is 0.820. The van der Waals surface area contributed by atoms with Crippen LogP contribution in [0.3, 0.4) is 0 Å². The van der Waals surface area contributed by atoms with E-state index in [1.54, 1.807) is 12.3 Å². The van der Waals surface area contributed by atoms with Crippen molar-refractivity contribution in [2.45, 2.75) is 13.5 Å². The average molecular weight is 214 g/mol. The Morgan fingerprint density at radius 1 is 1.19 bits per heavy atom. The lowest BCUT2D eigenvalue weighted by Gasteiger charge is -2.05. The summed E-state index contributed by atoms with van der Waals surface area (Å²) in [6.45, 7) is 2.64. The predicted octanol–water partition coefficient (Wildman–Crippen LogP) is 1.98. The lowest BCUT2D eigenvalue weighted by Crippen LogP contribution is -2.05. The molecule has 0 atom stereocenters. The van der Waals surface area contributed by atoms with E-state index in [2.05, 4.69) is 34.3 Å². The van der Waals surface area contributed by atoms with Crippen LogP contribution in [0.5, 0.6) is 0 Å². The third-order valence-corrected chi connectivity index (χ3v) is 2.23. The Kier molecular flexibility index (Phi) is 3.00. The minimum Gasteiger partial charge on any atom is -0.384 e. The molecule has 4 heteroatoms. The second-order valence-electron chi connectivity index (χ2n) is 3.62. The van der Waals surface area contributed by atoms with E-state index in [0.717, 1.165) is 5.69 Å². The van der Waals surface area contributed by atoms with E-state index in [1.165, 1.54) is 5.56 Å². The van der Waals surface area contributed by atoms with Gasteiger partial charge in [-0.15, -0.1) is 0 Å². The largest absolute Gasteiger partial charge is 0.384 e. The summed E-state index contributed by atoms with van der Waals surface area (Å²) in [5.74, 6) is 1.19. The number of nitrogens with one attached hydrogen (secondary N) is 1. The second-order valence-corrected chi connectivity index (χ2v) is 3.62. The van der Waals surface area contributed by atoms with Crippen LogP contribution in [0.1, 0.15) is 11.4 Å². The van der Waals surface area contributed by atoms with Crippen LogP contribution in [-0.2, 0) is 6.54 Å². The molecule has 0 spiro atoms. The number of nitrogens with two attached hydrogens (primary N) is 1. The summed E-state index contributed by atoms with van der Waals surface area (Å²) in [7, 11) is 0. The summed E-state index contributed by atoms with van der Waals surface area (Å²) in [5, 5.41) is 3.23. The summed E-state index contributed by atoms with van der Waals surface area (Å²) in [4.78, 5) is 8.23. The summed E-state index contributed by atoms with van der Waals surface area (Å²) < 4.78 is 0. The Morgan fingerprint density at radius 3 is 2.62 bits per heavy atom. The Hall–Kier alpha value is -2.10. The topological polar surface area (TPSA) is 63.8 Å².